The maximum Gasteiger partial charge on any atom is 0.310 e. The van der Waals surface area contributed by atoms with Crippen molar-refractivity contribution < 1.29 is 24.5 Å². The Morgan fingerprint density at radius 1 is 0.735 bits per heavy atom. The molecule has 0 aliphatic carbocycles. The molecular weight excluding hydrogens is 428 g/mol. The number of carbonyl (C=O) groups is 2. The summed E-state index contributed by atoms with van der Waals surface area (Å²) in [5.74, 6) is -1.58. The molecule has 0 aliphatic heterocycles. The van der Waals surface area contributed by atoms with Crippen molar-refractivity contribution in [3.8, 4) is 5.75 Å². The van der Waals surface area contributed by atoms with Crippen LogP contribution in [-0.2, 0) is 9.59 Å². The lowest BCUT2D eigenvalue weighted by Crippen LogP contribution is -2.19. The molecule has 0 spiro atoms. The third-order valence-corrected chi connectivity index (χ3v) is 6.47. The van der Waals surface area contributed by atoms with Gasteiger partial charge in [-0.1, -0.05) is 92.1 Å². The van der Waals surface area contributed by atoms with Crippen molar-refractivity contribution in [2.45, 2.75) is 117 Å². The number of ether oxygens (including phenoxy) is 1. The first-order valence-electron chi connectivity index (χ1n) is 13.4. The number of carboxylic acids is 2. The Labute approximate surface area is 207 Å². The van der Waals surface area contributed by atoms with Gasteiger partial charge in [0.25, 0.3) is 0 Å². The molecule has 0 saturated carbocycles. The molecule has 0 saturated heterocycles. The van der Waals surface area contributed by atoms with Gasteiger partial charge in [-0.2, -0.15) is 0 Å². The van der Waals surface area contributed by atoms with Crippen molar-refractivity contribution in [1.82, 2.24) is 0 Å². The van der Waals surface area contributed by atoms with Crippen molar-refractivity contribution in [3.05, 3.63) is 29.3 Å². The Morgan fingerprint density at radius 2 is 1.26 bits per heavy atom. The predicted molar refractivity (Wildman–Crippen MR) is 139 cm³/mol. The van der Waals surface area contributed by atoms with Gasteiger partial charge in [0.05, 0.1) is 18.4 Å². The van der Waals surface area contributed by atoms with Crippen LogP contribution in [0.25, 0.3) is 0 Å². The summed E-state index contributed by atoms with van der Waals surface area (Å²) in [5.41, 5.74) is 1.24. The first kappa shape index (κ1) is 30.0. The van der Waals surface area contributed by atoms with Gasteiger partial charge in [0.2, 0.25) is 0 Å². The van der Waals surface area contributed by atoms with Crippen LogP contribution in [0.2, 0.25) is 0 Å². The molecule has 1 aromatic carbocycles. The van der Waals surface area contributed by atoms with E-state index in [9.17, 15) is 19.8 Å². The van der Waals surface area contributed by atoms with Gasteiger partial charge in [-0.05, 0) is 54.4 Å². The van der Waals surface area contributed by atoms with Crippen LogP contribution in [0.15, 0.2) is 18.2 Å². The second-order valence-corrected chi connectivity index (χ2v) is 10.5. The molecule has 0 aromatic heterocycles. The van der Waals surface area contributed by atoms with Crippen LogP contribution in [0.4, 0.5) is 0 Å². The summed E-state index contributed by atoms with van der Waals surface area (Å²) < 4.78 is 5.97. The van der Waals surface area contributed by atoms with Crippen LogP contribution in [0, 0.1) is 11.8 Å². The van der Waals surface area contributed by atoms with Gasteiger partial charge in [0.15, 0.2) is 0 Å². The maximum absolute atomic E-state index is 12.3. The lowest BCUT2D eigenvalue weighted by Gasteiger charge is -2.23. The molecule has 2 N–H and O–H groups in total. The Bertz CT molecular complexity index is 725. The number of hydrogen-bond acceptors (Lipinski definition) is 3. The van der Waals surface area contributed by atoms with E-state index in [2.05, 4.69) is 34.6 Å². The van der Waals surface area contributed by atoms with Gasteiger partial charge in [0.1, 0.15) is 5.75 Å². The first-order chi connectivity index (χ1) is 16.2. The molecule has 194 valence electrons. The molecule has 0 heterocycles. The van der Waals surface area contributed by atoms with Crippen molar-refractivity contribution >= 4 is 11.9 Å². The van der Waals surface area contributed by atoms with Crippen LogP contribution in [0.5, 0.6) is 5.75 Å². The Morgan fingerprint density at radius 3 is 1.76 bits per heavy atom. The summed E-state index contributed by atoms with van der Waals surface area (Å²) in [5, 5.41) is 20.1. The molecule has 0 aliphatic rings. The van der Waals surface area contributed by atoms with E-state index in [4.69, 9.17) is 4.74 Å². The van der Waals surface area contributed by atoms with Crippen molar-refractivity contribution in [2.75, 3.05) is 6.61 Å². The molecular formula is C29H48O5. The molecule has 5 nitrogen and oxygen atoms in total. The fraction of sp³-hybridized carbons (Fsp3) is 0.724. The number of hydrogen-bond donors (Lipinski definition) is 2. The van der Waals surface area contributed by atoms with E-state index in [0.29, 0.717) is 48.2 Å². The highest BCUT2D eigenvalue weighted by atomic mass is 16.5. The van der Waals surface area contributed by atoms with Crippen LogP contribution in [0.3, 0.4) is 0 Å². The van der Waals surface area contributed by atoms with Gasteiger partial charge in [-0.15, -0.1) is 0 Å². The molecule has 5 heteroatoms. The fourth-order valence-corrected chi connectivity index (χ4v) is 4.44. The molecule has 34 heavy (non-hydrogen) atoms. The lowest BCUT2D eigenvalue weighted by molar-refractivity contribution is -0.140. The minimum Gasteiger partial charge on any atom is -0.494 e. The molecule has 0 amide bonds. The van der Waals surface area contributed by atoms with Gasteiger partial charge >= 0.3 is 11.9 Å². The van der Waals surface area contributed by atoms with E-state index in [1.165, 1.54) is 19.3 Å². The van der Waals surface area contributed by atoms with E-state index >= 15 is 0 Å². The smallest absolute Gasteiger partial charge is 0.310 e. The average molecular weight is 477 g/mol. The summed E-state index contributed by atoms with van der Waals surface area (Å²) in [6, 6.07) is 5.42. The summed E-state index contributed by atoms with van der Waals surface area (Å²) in [6.07, 6.45) is 10.2. The predicted octanol–water partition coefficient (Wildman–Crippen LogP) is 8.02. The van der Waals surface area contributed by atoms with E-state index in [0.717, 1.165) is 38.5 Å². The third-order valence-electron chi connectivity index (χ3n) is 6.47. The Kier molecular flexibility index (Phi) is 14.6. The average Bonchev–Trinajstić information content (AvgIpc) is 2.76. The monoisotopic (exact) mass is 476 g/mol. The van der Waals surface area contributed by atoms with Gasteiger partial charge in [0, 0.05) is 0 Å². The number of unbranched alkanes of at least 4 members (excludes halogenated alkanes) is 4. The van der Waals surface area contributed by atoms with Crippen molar-refractivity contribution in [3.63, 3.8) is 0 Å². The molecule has 0 bridgehead atoms. The van der Waals surface area contributed by atoms with Crippen molar-refractivity contribution in [1.29, 1.82) is 0 Å². The van der Waals surface area contributed by atoms with Gasteiger partial charge in [-0.25, -0.2) is 0 Å². The van der Waals surface area contributed by atoms with Crippen molar-refractivity contribution in [2.24, 2.45) is 11.8 Å². The minimum atomic E-state index is -0.895. The van der Waals surface area contributed by atoms with E-state index < -0.39 is 23.8 Å². The fourth-order valence-electron chi connectivity index (χ4n) is 4.44. The number of aliphatic carboxylic acids is 2. The van der Waals surface area contributed by atoms with Crippen LogP contribution in [0.1, 0.15) is 128 Å². The molecule has 2 atom stereocenters. The maximum atomic E-state index is 12.3. The first-order valence-corrected chi connectivity index (χ1v) is 13.4. The normalized spacial score (nSPS) is 13.3. The molecule has 1 rings (SSSR count). The summed E-state index contributed by atoms with van der Waals surface area (Å²) in [7, 11) is 0. The Hall–Kier alpha value is -2.04. The Balaban J connectivity index is 3.17. The summed E-state index contributed by atoms with van der Waals surface area (Å²) in [4.78, 5) is 24.5. The standard InChI is InChI=1S/C29H48O5/c1-6-7-8-9-10-19-34-23-17-18-24(25(28(30)31)15-11-13-21(2)3)27(20-23)26(29(32)33)16-12-14-22(4)5/h17-18,20-22,25-26H,6-16,19H2,1-5H3,(H,30,31)(H,32,33). The van der Waals surface area contributed by atoms with E-state index in [1.807, 2.05) is 6.07 Å². The topological polar surface area (TPSA) is 83.8 Å². The molecule has 2 unspecified atom stereocenters. The number of carboxylic acid groups (broad SMARTS) is 2. The zero-order chi connectivity index (χ0) is 25.5. The number of benzene rings is 1. The quantitative estimate of drug-likeness (QED) is 0.197. The second kappa shape index (κ2) is 16.6. The van der Waals surface area contributed by atoms with Gasteiger partial charge < -0.3 is 14.9 Å². The molecule has 1 aromatic rings. The molecule has 0 radical (unpaired) electrons. The molecule has 0 fully saturated rings. The largest absolute Gasteiger partial charge is 0.494 e. The third kappa shape index (κ3) is 11.4. The van der Waals surface area contributed by atoms with Crippen LogP contribution in [-0.4, -0.2) is 28.8 Å². The zero-order valence-corrected chi connectivity index (χ0v) is 22.1. The minimum absolute atomic E-state index is 0.499. The lowest BCUT2D eigenvalue weighted by atomic mass is 9.82. The highest BCUT2D eigenvalue weighted by Gasteiger charge is 2.29. The highest BCUT2D eigenvalue weighted by molar-refractivity contribution is 5.81. The second-order valence-electron chi connectivity index (χ2n) is 10.5. The number of rotatable bonds is 19. The van der Waals surface area contributed by atoms with Crippen LogP contribution >= 0.6 is 0 Å². The van der Waals surface area contributed by atoms with Crippen LogP contribution < -0.4 is 4.74 Å². The van der Waals surface area contributed by atoms with E-state index in [1.54, 1.807) is 12.1 Å². The zero-order valence-electron chi connectivity index (χ0n) is 22.1. The van der Waals surface area contributed by atoms with Gasteiger partial charge in [-0.3, -0.25) is 9.59 Å². The summed E-state index contributed by atoms with van der Waals surface area (Å²) in [6.45, 7) is 11.3. The van der Waals surface area contributed by atoms with E-state index in [-0.39, 0.29) is 0 Å². The SMILES string of the molecule is CCCCCCCOc1ccc(C(CCCC(C)C)C(=O)O)c(C(CCCC(C)C)C(=O)O)c1. The highest BCUT2D eigenvalue weighted by Crippen LogP contribution is 2.36. The summed E-state index contributed by atoms with van der Waals surface area (Å²) >= 11 is 0.